The average Bonchev–Trinajstić information content (AvgIpc) is 3.08. The molecule has 2 aliphatic carbocycles. The van der Waals surface area contributed by atoms with E-state index in [1.807, 2.05) is 6.20 Å². The van der Waals surface area contributed by atoms with Crippen molar-refractivity contribution in [2.24, 2.45) is 5.92 Å². The molecular formula is C18H20N2. The third-order valence-corrected chi connectivity index (χ3v) is 5.66. The Morgan fingerprint density at radius 3 is 2.95 bits per heavy atom. The minimum absolute atomic E-state index is 0.804. The number of nitrogens with one attached hydrogen (secondary N) is 2. The molecule has 2 atom stereocenters. The summed E-state index contributed by atoms with van der Waals surface area (Å²) in [7, 11) is 0. The topological polar surface area (TPSA) is 31.6 Å². The molecule has 1 fully saturated rings. The molecule has 0 radical (unpaired) electrons. The molecule has 3 aromatic rings. The van der Waals surface area contributed by atoms with Gasteiger partial charge in [0.2, 0.25) is 0 Å². The fourth-order valence-corrected chi connectivity index (χ4v) is 4.67. The molecule has 2 unspecified atom stereocenters. The zero-order valence-corrected chi connectivity index (χ0v) is 11.7. The van der Waals surface area contributed by atoms with E-state index in [2.05, 4.69) is 28.2 Å². The van der Waals surface area contributed by atoms with Crippen molar-refractivity contribution in [1.82, 2.24) is 9.97 Å². The van der Waals surface area contributed by atoms with Crippen molar-refractivity contribution in [3.05, 3.63) is 35.7 Å². The van der Waals surface area contributed by atoms with Gasteiger partial charge in [-0.3, -0.25) is 0 Å². The van der Waals surface area contributed by atoms with Crippen molar-refractivity contribution in [1.29, 1.82) is 0 Å². The summed E-state index contributed by atoms with van der Waals surface area (Å²) in [4.78, 5) is 7.11. The maximum absolute atomic E-state index is 3.78. The van der Waals surface area contributed by atoms with Crippen LogP contribution < -0.4 is 0 Å². The first kappa shape index (κ1) is 11.0. The van der Waals surface area contributed by atoms with Crippen LogP contribution in [0.1, 0.15) is 49.3 Å². The third-order valence-electron chi connectivity index (χ3n) is 5.66. The summed E-state index contributed by atoms with van der Waals surface area (Å²) in [5.41, 5.74) is 5.77. The van der Waals surface area contributed by atoms with Gasteiger partial charge in [-0.15, -0.1) is 0 Å². The monoisotopic (exact) mass is 264 g/mol. The quantitative estimate of drug-likeness (QED) is 0.580. The molecule has 1 aromatic carbocycles. The second kappa shape index (κ2) is 3.91. The normalized spacial score (nSPS) is 25.8. The highest BCUT2D eigenvalue weighted by Crippen LogP contribution is 2.46. The third kappa shape index (κ3) is 1.39. The summed E-state index contributed by atoms with van der Waals surface area (Å²) in [6.45, 7) is 0. The van der Waals surface area contributed by atoms with E-state index in [9.17, 15) is 0 Å². The van der Waals surface area contributed by atoms with E-state index in [0.717, 1.165) is 11.8 Å². The van der Waals surface area contributed by atoms with Gasteiger partial charge in [0.25, 0.3) is 0 Å². The van der Waals surface area contributed by atoms with E-state index in [1.165, 1.54) is 60.3 Å². The van der Waals surface area contributed by atoms with Gasteiger partial charge in [0, 0.05) is 39.6 Å². The molecule has 102 valence electrons. The molecule has 0 bridgehead atoms. The first-order chi connectivity index (χ1) is 9.90. The minimum Gasteiger partial charge on any atom is -0.361 e. The highest BCUT2D eigenvalue weighted by atomic mass is 14.8. The first-order valence-corrected chi connectivity index (χ1v) is 8.02. The van der Waals surface area contributed by atoms with Crippen LogP contribution in [0, 0.1) is 5.92 Å². The largest absolute Gasteiger partial charge is 0.361 e. The maximum Gasteiger partial charge on any atom is 0.0480 e. The van der Waals surface area contributed by atoms with Crippen molar-refractivity contribution in [3.8, 4) is 0 Å². The average molecular weight is 264 g/mol. The Morgan fingerprint density at radius 2 is 1.95 bits per heavy atom. The van der Waals surface area contributed by atoms with Crippen molar-refractivity contribution >= 4 is 21.8 Å². The van der Waals surface area contributed by atoms with Crippen molar-refractivity contribution in [3.63, 3.8) is 0 Å². The summed E-state index contributed by atoms with van der Waals surface area (Å²) in [6, 6.07) is 6.85. The molecule has 2 heteroatoms. The van der Waals surface area contributed by atoms with Gasteiger partial charge >= 0.3 is 0 Å². The molecule has 2 aliphatic rings. The molecule has 2 aromatic heterocycles. The second-order valence-corrected chi connectivity index (χ2v) is 6.67. The van der Waals surface area contributed by atoms with E-state index >= 15 is 0 Å². The number of H-pyrrole nitrogens is 2. The van der Waals surface area contributed by atoms with E-state index in [4.69, 9.17) is 0 Å². The van der Waals surface area contributed by atoms with Crippen LogP contribution in [0.25, 0.3) is 21.8 Å². The number of hydrogen-bond acceptors (Lipinski definition) is 0. The van der Waals surface area contributed by atoms with Crippen LogP contribution in [-0.2, 0) is 6.42 Å². The summed E-state index contributed by atoms with van der Waals surface area (Å²) in [5, 5.41) is 2.81. The standard InChI is InChI=1S/C18H20N2/c1-2-4-13-11(3-1)5-6-14-15-9-12-7-8-19-16(12)10-17(15)20-18(13)14/h7-11,13,19-20H,1-6H2. The number of rotatable bonds is 0. The van der Waals surface area contributed by atoms with Gasteiger partial charge in [0.1, 0.15) is 0 Å². The van der Waals surface area contributed by atoms with Crippen molar-refractivity contribution < 1.29 is 0 Å². The number of aromatic nitrogens is 2. The first-order valence-electron chi connectivity index (χ1n) is 8.02. The summed E-state index contributed by atoms with van der Waals surface area (Å²) < 4.78 is 0. The highest BCUT2D eigenvalue weighted by molar-refractivity contribution is 5.97. The Bertz CT molecular complexity index is 792. The Hall–Kier alpha value is -1.70. The molecule has 2 heterocycles. The van der Waals surface area contributed by atoms with Gasteiger partial charge in [-0.25, -0.2) is 0 Å². The lowest BCUT2D eigenvalue weighted by Gasteiger charge is -2.35. The zero-order chi connectivity index (χ0) is 13.1. The molecule has 0 saturated heterocycles. The number of hydrogen-bond donors (Lipinski definition) is 2. The molecule has 2 N–H and O–H groups in total. The summed E-state index contributed by atoms with van der Waals surface area (Å²) >= 11 is 0. The zero-order valence-electron chi connectivity index (χ0n) is 11.7. The van der Waals surface area contributed by atoms with Crippen molar-refractivity contribution in [2.75, 3.05) is 0 Å². The van der Waals surface area contributed by atoms with Gasteiger partial charge in [-0.2, -0.15) is 0 Å². The molecule has 5 rings (SSSR count). The maximum atomic E-state index is 3.78. The predicted molar refractivity (Wildman–Crippen MR) is 83.2 cm³/mol. The molecule has 20 heavy (non-hydrogen) atoms. The smallest absolute Gasteiger partial charge is 0.0480 e. The number of fused-ring (bicyclic) bond motifs is 6. The van der Waals surface area contributed by atoms with Gasteiger partial charge < -0.3 is 9.97 Å². The predicted octanol–water partition coefficient (Wildman–Crippen LogP) is 4.87. The SMILES string of the molecule is c1cc2cc3c4c([nH]c3cc2[nH]1)C1CCCCC1CC4. The van der Waals surface area contributed by atoms with Crippen LogP contribution >= 0.6 is 0 Å². The van der Waals surface area contributed by atoms with Crippen LogP contribution in [-0.4, -0.2) is 9.97 Å². The van der Waals surface area contributed by atoms with Crippen LogP contribution in [0.15, 0.2) is 24.4 Å². The molecule has 1 saturated carbocycles. The van der Waals surface area contributed by atoms with Gasteiger partial charge in [-0.05, 0) is 55.4 Å². The van der Waals surface area contributed by atoms with E-state index in [1.54, 1.807) is 11.3 Å². The van der Waals surface area contributed by atoms with E-state index in [-0.39, 0.29) is 0 Å². The van der Waals surface area contributed by atoms with Crippen LogP contribution in [0.3, 0.4) is 0 Å². The second-order valence-electron chi connectivity index (χ2n) is 6.67. The Morgan fingerprint density at radius 1 is 1.00 bits per heavy atom. The van der Waals surface area contributed by atoms with Gasteiger partial charge in [0.15, 0.2) is 0 Å². The lowest BCUT2D eigenvalue weighted by Crippen LogP contribution is -2.23. The summed E-state index contributed by atoms with van der Waals surface area (Å²) in [5.74, 6) is 1.74. The number of aromatic amines is 2. The number of aryl methyl sites for hydroxylation is 1. The van der Waals surface area contributed by atoms with Crippen LogP contribution in [0.5, 0.6) is 0 Å². The molecule has 0 aliphatic heterocycles. The number of benzene rings is 1. The van der Waals surface area contributed by atoms with Gasteiger partial charge in [0.05, 0.1) is 0 Å². The van der Waals surface area contributed by atoms with E-state index in [0.29, 0.717) is 0 Å². The minimum atomic E-state index is 0.804. The fraction of sp³-hybridized carbons (Fsp3) is 0.444. The fourth-order valence-electron chi connectivity index (χ4n) is 4.67. The van der Waals surface area contributed by atoms with Crippen LogP contribution in [0.2, 0.25) is 0 Å². The lowest BCUT2D eigenvalue weighted by atomic mass is 9.70. The van der Waals surface area contributed by atoms with Crippen molar-refractivity contribution in [2.45, 2.75) is 44.4 Å². The molecule has 0 amide bonds. The van der Waals surface area contributed by atoms with Gasteiger partial charge in [-0.1, -0.05) is 12.8 Å². The Kier molecular flexibility index (Phi) is 2.15. The summed E-state index contributed by atoms with van der Waals surface area (Å²) in [6.07, 6.45) is 10.4. The Labute approximate surface area is 118 Å². The van der Waals surface area contributed by atoms with Crippen LogP contribution in [0.4, 0.5) is 0 Å². The molecule has 2 nitrogen and oxygen atoms in total. The Balaban J connectivity index is 1.76. The van der Waals surface area contributed by atoms with E-state index < -0.39 is 0 Å². The highest BCUT2D eigenvalue weighted by Gasteiger charge is 2.33. The lowest BCUT2D eigenvalue weighted by molar-refractivity contribution is 0.272. The molecular weight excluding hydrogens is 244 g/mol. The molecule has 0 spiro atoms.